The Balaban J connectivity index is 2.15. The summed E-state index contributed by atoms with van der Waals surface area (Å²) in [6, 6.07) is 14.5. The monoisotopic (exact) mass is 304 g/mol. The molecule has 23 heavy (non-hydrogen) atoms. The van der Waals surface area contributed by atoms with Crippen LogP contribution < -0.4 is 4.74 Å². The van der Waals surface area contributed by atoms with Gasteiger partial charge < -0.3 is 9.84 Å². The van der Waals surface area contributed by atoms with E-state index in [0.29, 0.717) is 5.75 Å². The Morgan fingerprint density at radius 1 is 0.913 bits per heavy atom. The summed E-state index contributed by atoms with van der Waals surface area (Å²) < 4.78 is 5.31. The van der Waals surface area contributed by atoms with Crippen LogP contribution >= 0.6 is 0 Å². The number of phenolic OH excluding ortho intramolecular Hbond substituents is 1. The zero-order valence-electron chi connectivity index (χ0n) is 13.9. The maximum absolute atomic E-state index is 10.6. The molecule has 0 aliphatic heterocycles. The Labute approximate surface area is 136 Å². The maximum Gasteiger partial charge on any atom is 0.123 e. The van der Waals surface area contributed by atoms with E-state index >= 15 is 0 Å². The molecule has 0 bridgehead atoms. The molecule has 0 saturated carbocycles. The van der Waals surface area contributed by atoms with Crippen LogP contribution in [0.5, 0.6) is 11.5 Å². The molecule has 0 fully saturated rings. The number of methoxy groups -OCH3 is 1. The molecule has 0 radical (unpaired) electrons. The van der Waals surface area contributed by atoms with Crippen molar-refractivity contribution in [3.8, 4) is 22.6 Å². The van der Waals surface area contributed by atoms with Crippen molar-refractivity contribution in [1.29, 1.82) is 0 Å². The smallest absolute Gasteiger partial charge is 0.123 e. The summed E-state index contributed by atoms with van der Waals surface area (Å²) in [7, 11) is 1.65. The molecular weight excluding hydrogens is 284 g/mol. The number of aryl methyl sites for hydroxylation is 1. The van der Waals surface area contributed by atoms with E-state index in [2.05, 4.69) is 45.0 Å². The first-order valence-corrected chi connectivity index (χ1v) is 7.89. The lowest BCUT2D eigenvalue weighted by atomic mass is 9.81. The quantitative estimate of drug-likeness (QED) is 0.672. The Hall–Kier alpha value is -2.48. The van der Waals surface area contributed by atoms with Gasteiger partial charge in [-0.3, -0.25) is 0 Å². The summed E-state index contributed by atoms with van der Waals surface area (Å²) in [6.07, 6.45) is 0. The molecule has 116 valence electrons. The number of aromatic hydroxyl groups is 1. The molecule has 2 nitrogen and oxygen atoms in total. The van der Waals surface area contributed by atoms with Crippen molar-refractivity contribution in [3.63, 3.8) is 0 Å². The number of hydrogen-bond acceptors (Lipinski definition) is 2. The molecule has 4 rings (SSSR count). The predicted molar refractivity (Wildman–Crippen MR) is 94.5 cm³/mol. The first-order valence-electron chi connectivity index (χ1n) is 7.89. The van der Waals surface area contributed by atoms with Crippen LogP contribution in [0.25, 0.3) is 21.9 Å². The molecule has 1 aliphatic carbocycles. The largest absolute Gasteiger partial charge is 0.507 e. The summed E-state index contributed by atoms with van der Waals surface area (Å²) in [5, 5.41) is 12.5. The normalized spacial score (nSPS) is 14.6. The summed E-state index contributed by atoms with van der Waals surface area (Å²) in [5.74, 6) is 1.07. The number of phenols is 1. The van der Waals surface area contributed by atoms with Crippen LogP contribution in [0.1, 0.15) is 30.5 Å². The van der Waals surface area contributed by atoms with Gasteiger partial charge in [0.25, 0.3) is 0 Å². The van der Waals surface area contributed by atoms with E-state index in [0.717, 1.165) is 16.5 Å². The lowest BCUT2D eigenvalue weighted by Crippen LogP contribution is -2.15. The molecule has 2 heteroatoms. The number of benzene rings is 3. The van der Waals surface area contributed by atoms with Crippen LogP contribution in [0.15, 0.2) is 42.5 Å². The van der Waals surface area contributed by atoms with E-state index in [4.69, 9.17) is 4.74 Å². The molecular formula is C21H20O2. The van der Waals surface area contributed by atoms with Gasteiger partial charge in [0.15, 0.2) is 0 Å². The van der Waals surface area contributed by atoms with Crippen LogP contribution in [0.4, 0.5) is 0 Å². The fourth-order valence-electron chi connectivity index (χ4n) is 3.83. The van der Waals surface area contributed by atoms with Crippen LogP contribution in [-0.2, 0) is 5.41 Å². The van der Waals surface area contributed by atoms with Crippen molar-refractivity contribution < 1.29 is 9.84 Å². The second-order valence-electron chi connectivity index (χ2n) is 6.90. The van der Waals surface area contributed by atoms with Crippen molar-refractivity contribution in [2.45, 2.75) is 26.2 Å². The van der Waals surface area contributed by atoms with Gasteiger partial charge in [0.2, 0.25) is 0 Å². The van der Waals surface area contributed by atoms with E-state index in [-0.39, 0.29) is 5.41 Å². The number of hydrogen-bond donors (Lipinski definition) is 1. The van der Waals surface area contributed by atoms with Crippen LogP contribution in [0, 0.1) is 6.92 Å². The average molecular weight is 304 g/mol. The second kappa shape index (κ2) is 4.51. The van der Waals surface area contributed by atoms with Crippen LogP contribution in [0.2, 0.25) is 0 Å². The molecule has 1 aliphatic rings. The highest BCUT2D eigenvalue weighted by Crippen LogP contribution is 2.53. The molecule has 0 heterocycles. The van der Waals surface area contributed by atoms with Crippen LogP contribution in [0.3, 0.4) is 0 Å². The lowest BCUT2D eigenvalue weighted by molar-refractivity contribution is 0.415. The molecule has 0 unspecified atom stereocenters. The Morgan fingerprint density at radius 2 is 1.70 bits per heavy atom. The van der Waals surface area contributed by atoms with Gasteiger partial charge in [-0.05, 0) is 58.8 Å². The van der Waals surface area contributed by atoms with Gasteiger partial charge in [0.05, 0.1) is 7.11 Å². The molecule has 3 aromatic carbocycles. The van der Waals surface area contributed by atoms with E-state index < -0.39 is 0 Å². The minimum absolute atomic E-state index is 0.109. The molecule has 0 saturated heterocycles. The van der Waals surface area contributed by atoms with Crippen molar-refractivity contribution in [3.05, 3.63) is 59.2 Å². The highest BCUT2D eigenvalue weighted by molar-refractivity contribution is 6.05. The molecule has 0 spiro atoms. The van der Waals surface area contributed by atoms with E-state index in [9.17, 15) is 5.11 Å². The summed E-state index contributed by atoms with van der Waals surface area (Å²) in [5.41, 5.74) is 6.18. The third-order valence-electron chi connectivity index (χ3n) is 5.11. The molecule has 0 atom stereocenters. The molecule has 0 amide bonds. The minimum Gasteiger partial charge on any atom is -0.507 e. The van der Waals surface area contributed by atoms with Crippen molar-refractivity contribution in [2.24, 2.45) is 0 Å². The number of rotatable bonds is 1. The van der Waals surface area contributed by atoms with Gasteiger partial charge in [0, 0.05) is 10.8 Å². The molecule has 0 aromatic heterocycles. The van der Waals surface area contributed by atoms with Gasteiger partial charge in [0.1, 0.15) is 11.5 Å². The predicted octanol–water partition coefficient (Wildman–Crippen LogP) is 5.17. The third-order valence-corrected chi connectivity index (χ3v) is 5.11. The fraction of sp³-hybridized carbons (Fsp3) is 0.238. The van der Waals surface area contributed by atoms with E-state index in [1.165, 1.54) is 27.8 Å². The topological polar surface area (TPSA) is 29.5 Å². The van der Waals surface area contributed by atoms with Gasteiger partial charge >= 0.3 is 0 Å². The molecule has 1 N–H and O–H groups in total. The maximum atomic E-state index is 10.6. The minimum atomic E-state index is -0.109. The zero-order valence-corrected chi connectivity index (χ0v) is 13.9. The fourth-order valence-corrected chi connectivity index (χ4v) is 3.83. The Morgan fingerprint density at radius 3 is 2.43 bits per heavy atom. The second-order valence-corrected chi connectivity index (χ2v) is 6.90. The summed E-state index contributed by atoms with van der Waals surface area (Å²) in [6.45, 7) is 6.58. The number of fused-ring (bicyclic) bond motifs is 5. The van der Waals surface area contributed by atoms with Gasteiger partial charge in [-0.2, -0.15) is 0 Å². The van der Waals surface area contributed by atoms with E-state index in [1.807, 2.05) is 18.2 Å². The SMILES string of the molecule is COc1ccc2c3c(cc(O)c2c1)C(C)(C)c1cc(C)ccc1-3. The highest BCUT2D eigenvalue weighted by Gasteiger charge is 2.37. The lowest BCUT2D eigenvalue weighted by Gasteiger charge is -2.22. The average Bonchev–Trinajstić information content (AvgIpc) is 2.75. The van der Waals surface area contributed by atoms with Gasteiger partial charge in [-0.25, -0.2) is 0 Å². The van der Waals surface area contributed by atoms with Crippen LogP contribution in [-0.4, -0.2) is 12.2 Å². The van der Waals surface area contributed by atoms with Gasteiger partial charge in [-0.15, -0.1) is 0 Å². The van der Waals surface area contributed by atoms with Gasteiger partial charge in [-0.1, -0.05) is 37.6 Å². The zero-order chi connectivity index (χ0) is 16.4. The van der Waals surface area contributed by atoms with E-state index in [1.54, 1.807) is 7.11 Å². The summed E-state index contributed by atoms with van der Waals surface area (Å²) in [4.78, 5) is 0. The van der Waals surface area contributed by atoms with Crippen molar-refractivity contribution >= 4 is 10.8 Å². The third kappa shape index (κ3) is 1.81. The van der Waals surface area contributed by atoms with Crippen molar-refractivity contribution in [2.75, 3.05) is 7.11 Å². The first kappa shape index (κ1) is 14.1. The standard InChI is InChI=1S/C21H20O2/c1-12-5-7-15-17(9-12)21(2,3)18-11-19(22)16-10-13(23-4)6-8-14(16)20(15)18/h5-11,22H,1-4H3. The highest BCUT2D eigenvalue weighted by atomic mass is 16.5. The molecule has 3 aromatic rings. The number of ether oxygens (including phenoxy) is 1. The van der Waals surface area contributed by atoms with Crippen molar-refractivity contribution in [1.82, 2.24) is 0 Å². The Bertz CT molecular complexity index is 952. The Kier molecular flexibility index (Phi) is 2.77. The summed E-state index contributed by atoms with van der Waals surface area (Å²) >= 11 is 0. The first-order chi connectivity index (χ1) is 10.9.